The molecule has 39 heavy (non-hydrogen) atoms. The van der Waals surface area contributed by atoms with E-state index in [4.69, 9.17) is 28.4 Å². The summed E-state index contributed by atoms with van der Waals surface area (Å²) in [5, 5.41) is 115. The zero-order valence-electron chi connectivity index (χ0n) is 20.7. The second kappa shape index (κ2) is 14.1. The van der Waals surface area contributed by atoms with Crippen molar-refractivity contribution >= 4 is 0 Å². The normalized spacial score (nSPS) is 47.8. The highest BCUT2D eigenvalue weighted by atomic mass is 16.7. The molecule has 3 rings (SSSR count). The predicted octanol–water partition coefficient (Wildman–Crippen LogP) is -7.00. The summed E-state index contributed by atoms with van der Waals surface area (Å²) in [5.41, 5.74) is 0. The van der Waals surface area contributed by atoms with Crippen molar-refractivity contribution in [1.29, 1.82) is 0 Å². The maximum Gasteiger partial charge on any atom is 0.203 e. The Bertz CT molecular complexity index is 789. The third kappa shape index (κ3) is 7.35. The van der Waals surface area contributed by atoms with Crippen LogP contribution in [0.3, 0.4) is 0 Å². The number of aliphatic hydroxyl groups is 10. The standard InChI is InChI=1S/C20H36N2O17/c1-22(33)21-5-35-18-14(30)13(29)10(26)8(38-18)4-34-19-16(32)17(11(27)7(3-24)36-19)39-20-15(31)12(28)9(25)6(2-23)37-20/h6-20,23-32H,2-5H2,1H3/b22-21-/t6-,7-,8-,9-,10-,11-,12+,13+,14-,15-,16-,17+,18-,19-,20+/m1/s1. The monoisotopic (exact) mass is 576 g/mol. The zero-order chi connectivity index (χ0) is 29.0. The molecule has 19 heteroatoms. The van der Waals surface area contributed by atoms with Gasteiger partial charge >= 0.3 is 0 Å². The molecule has 0 bridgehead atoms. The molecule has 228 valence electrons. The lowest BCUT2D eigenvalue weighted by Gasteiger charge is -2.46. The van der Waals surface area contributed by atoms with Crippen molar-refractivity contribution < 1.29 is 84.3 Å². The molecule has 15 atom stereocenters. The molecule has 3 saturated heterocycles. The van der Waals surface area contributed by atoms with E-state index in [0.29, 0.717) is 0 Å². The van der Waals surface area contributed by atoms with E-state index in [-0.39, 0.29) is 4.86 Å². The molecule has 10 N–H and O–H groups in total. The molecule has 0 aliphatic carbocycles. The summed E-state index contributed by atoms with van der Waals surface area (Å²) >= 11 is 0. The van der Waals surface area contributed by atoms with Crippen molar-refractivity contribution in [3.63, 3.8) is 0 Å². The molecule has 0 amide bonds. The van der Waals surface area contributed by atoms with Crippen LogP contribution in [-0.2, 0) is 28.4 Å². The summed E-state index contributed by atoms with van der Waals surface area (Å²) in [4.78, 5) is 0.192. The van der Waals surface area contributed by atoms with Gasteiger partial charge in [0.15, 0.2) is 25.9 Å². The highest BCUT2D eigenvalue weighted by molar-refractivity contribution is 4.95. The second-order valence-electron chi connectivity index (χ2n) is 9.25. The summed E-state index contributed by atoms with van der Waals surface area (Å²) in [5.74, 6) is 0. The number of ether oxygens (including phenoxy) is 6. The minimum absolute atomic E-state index is 0.192. The Morgan fingerprint density at radius 3 is 1.72 bits per heavy atom. The van der Waals surface area contributed by atoms with Crippen molar-refractivity contribution in [2.45, 2.75) is 92.1 Å². The van der Waals surface area contributed by atoms with Gasteiger partial charge in [0.05, 0.1) is 19.8 Å². The summed E-state index contributed by atoms with van der Waals surface area (Å²) in [7, 11) is 1.08. The topological polar surface area (TPSA) is 296 Å². The summed E-state index contributed by atoms with van der Waals surface area (Å²) < 4.78 is 32.0. The first-order valence-corrected chi connectivity index (χ1v) is 12.0. The van der Waals surface area contributed by atoms with Gasteiger partial charge in [-0.25, -0.2) is 0 Å². The van der Waals surface area contributed by atoms with Crippen LogP contribution in [0.25, 0.3) is 0 Å². The van der Waals surface area contributed by atoms with Crippen LogP contribution in [0, 0.1) is 5.21 Å². The first-order chi connectivity index (χ1) is 18.4. The number of nitrogens with zero attached hydrogens (tertiary/aromatic N) is 2. The van der Waals surface area contributed by atoms with Crippen LogP contribution in [-0.4, -0.2) is 182 Å². The van der Waals surface area contributed by atoms with Crippen molar-refractivity contribution in [2.24, 2.45) is 5.11 Å². The van der Waals surface area contributed by atoms with Crippen LogP contribution >= 0.6 is 0 Å². The Labute approximate surface area is 221 Å². The highest BCUT2D eigenvalue weighted by Crippen LogP contribution is 2.30. The van der Waals surface area contributed by atoms with E-state index in [1.54, 1.807) is 0 Å². The fourth-order valence-corrected chi connectivity index (χ4v) is 4.26. The largest absolute Gasteiger partial charge is 0.600 e. The maximum atomic E-state index is 10.9. The molecule has 0 radical (unpaired) electrons. The van der Waals surface area contributed by atoms with Crippen LogP contribution in [0.4, 0.5) is 0 Å². The van der Waals surface area contributed by atoms with Crippen LogP contribution < -0.4 is 0 Å². The number of hydrogen-bond acceptors (Lipinski definition) is 18. The Morgan fingerprint density at radius 2 is 1.13 bits per heavy atom. The number of hydroxylamine groups is 1. The Kier molecular flexibility index (Phi) is 11.7. The molecule has 0 aromatic rings. The van der Waals surface area contributed by atoms with Crippen LogP contribution in [0.1, 0.15) is 0 Å². The van der Waals surface area contributed by atoms with Gasteiger partial charge in [-0.3, -0.25) is 0 Å². The molecular formula is C20H36N2O17. The molecule has 3 aliphatic heterocycles. The Balaban J connectivity index is 1.67. The van der Waals surface area contributed by atoms with E-state index in [1.165, 1.54) is 0 Å². The lowest BCUT2D eigenvalue weighted by atomic mass is 9.97. The van der Waals surface area contributed by atoms with Gasteiger partial charge < -0.3 is 84.7 Å². The minimum Gasteiger partial charge on any atom is -0.600 e. The number of aliphatic hydroxyl groups excluding tert-OH is 10. The smallest absolute Gasteiger partial charge is 0.203 e. The molecule has 3 heterocycles. The average Bonchev–Trinajstić information content (AvgIpc) is 2.90. The minimum atomic E-state index is -1.86. The number of rotatable bonds is 10. The van der Waals surface area contributed by atoms with Crippen molar-refractivity contribution in [3.8, 4) is 0 Å². The third-order valence-electron chi connectivity index (χ3n) is 6.55. The van der Waals surface area contributed by atoms with E-state index in [2.05, 4.69) is 5.11 Å². The molecule has 0 saturated carbocycles. The van der Waals surface area contributed by atoms with Gasteiger partial charge in [0.25, 0.3) is 0 Å². The SMILES string of the molecule is C/[N+]([O-])=N/CO[C@@H]1O[C@H](CO[C@@H]2O[C@H](CO)[C@@H](O)[C@H](O[C@@H]3O[C@H](CO)[C@@H](O)[C@H](O)[C@H]3O)[C@H]2O)[C@@H](O)[C@H](O)[C@H]1O. The van der Waals surface area contributed by atoms with E-state index in [1.807, 2.05) is 0 Å². The van der Waals surface area contributed by atoms with E-state index < -0.39 is 119 Å². The van der Waals surface area contributed by atoms with Gasteiger partial charge in [-0.1, -0.05) is 4.86 Å². The van der Waals surface area contributed by atoms with Gasteiger partial charge in [0, 0.05) is 0 Å². The van der Waals surface area contributed by atoms with Gasteiger partial charge in [0.1, 0.15) is 73.2 Å². The van der Waals surface area contributed by atoms with E-state index in [9.17, 15) is 56.3 Å². The summed E-state index contributed by atoms with van der Waals surface area (Å²) in [6, 6.07) is 0. The van der Waals surface area contributed by atoms with Crippen molar-refractivity contribution in [2.75, 3.05) is 33.6 Å². The summed E-state index contributed by atoms with van der Waals surface area (Å²) in [6.45, 7) is -2.70. The molecule has 0 unspecified atom stereocenters. The number of hydrogen-bond donors (Lipinski definition) is 10. The van der Waals surface area contributed by atoms with Crippen LogP contribution in [0.15, 0.2) is 5.11 Å². The zero-order valence-corrected chi connectivity index (χ0v) is 20.7. The molecule has 3 aliphatic rings. The van der Waals surface area contributed by atoms with Gasteiger partial charge in [0.2, 0.25) is 6.73 Å². The number of azo groups is 1. The van der Waals surface area contributed by atoms with Gasteiger partial charge in [-0.05, 0) is 5.11 Å². The first kappa shape index (κ1) is 32.3. The van der Waals surface area contributed by atoms with Crippen LogP contribution in [0.2, 0.25) is 0 Å². The Morgan fingerprint density at radius 1 is 0.641 bits per heavy atom. The van der Waals surface area contributed by atoms with Gasteiger partial charge in [-0.2, -0.15) is 0 Å². The molecule has 19 nitrogen and oxygen atoms in total. The van der Waals surface area contributed by atoms with Crippen molar-refractivity contribution in [3.05, 3.63) is 5.21 Å². The average molecular weight is 577 g/mol. The van der Waals surface area contributed by atoms with Gasteiger partial charge in [-0.15, -0.1) is 0 Å². The third-order valence-corrected chi connectivity index (χ3v) is 6.55. The Hall–Kier alpha value is -1.24. The molecule has 0 aromatic heterocycles. The highest BCUT2D eigenvalue weighted by Gasteiger charge is 2.51. The quantitative estimate of drug-likeness (QED) is 0.0656. The fourth-order valence-electron chi connectivity index (χ4n) is 4.26. The van der Waals surface area contributed by atoms with E-state index >= 15 is 0 Å². The molecular weight excluding hydrogens is 540 g/mol. The molecule has 0 aromatic carbocycles. The summed E-state index contributed by atoms with van der Waals surface area (Å²) in [6.07, 6.45) is -24.8. The molecule has 3 fully saturated rings. The lowest BCUT2D eigenvalue weighted by molar-refractivity contribution is -0.505. The second-order valence-corrected chi connectivity index (χ2v) is 9.25. The van der Waals surface area contributed by atoms with E-state index in [0.717, 1.165) is 7.05 Å². The van der Waals surface area contributed by atoms with Crippen LogP contribution in [0.5, 0.6) is 0 Å². The van der Waals surface area contributed by atoms with Crippen molar-refractivity contribution in [1.82, 2.24) is 0 Å². The lowest BCUT2D eigenvalue weighted by Crippen LogP contribution is -2.65. The predicted molar refractivity (Wildman–Crippen MR) is 117 cm³/mol. The fraction of sp³-hybridized carbons (Fsp3) is 1.00. The first-order valence-electron chi connectivity index (χ1n) is 12.0. The maximum absolute atomic E-state index is 10.9. The molecule has 0 spiro atoms.